The average Bonchev–Trinajstić information content (AvgIpc) is 3.18. The van der Waals surface area contributed by atoms with Gasteiger partial charge in [-0.05, 0) is 23.8 Å². The summed E-state index contributed by atoms with van der Waals surface area (Å²) in [7, 11) is 0. The van der Waals surface area contributed by atoms with Gasteiger partial charge in [0.15, 0.2) is 5.76 Å². The molecule has 2 heterocycles. The normalized spacial score (nSPS) is 15.9. The maximum atomic E-state index is 12.4. The third-order valence-electron chi connectivity index (χ3n) is 4.00. The summed E-state index contributed by atoms with van der Waals surface area (Å²) in [5, 5.41) is 13.8. The molecule has 0 unspecified atom stereocenters. The highest BCUT2D eigenvalue weighted by Crippen LogP contribution is 2.34. The lowest BCUT2D eigenvalue weighted by Gasteiger charge is -2.10. The van der Waals surface area contributed by atoms with E-state index in [9.17, 15) is 9.59 Å². The third-order valence-corrected chi connectivity index (χ3v) is 5.38. The van der Waals surface area contributed by atoms with Gasteiger partial charge in [-0.25, -0.2) is 0 Å². The number of aromatic nitrogens is 1. The highest BCUT2D eigenvalue weighted by Gasteiger charge is 2.33. The topological polar surface area (TPSA) is 83.6 Å². The number of aliphatic carboxylic acids is 1. The highest BCUT2D eigenvalue weighted by atomic mass is 32.2. The lowest BCUT2D eigenvalue weighted by atomic mass is 10.1. The number of benzene rings is 2. The summed E-state index contributed by atoms with van der Waals surface area (Å²) in [5.41, 5.74) is 2.40. The molecule has 0 spiro atoms. The zero-order valence-corrected chi connectivity index (χ0v) is 15.4. The van der Waals surface area contributed by atoms with E-state index < -0.39 is 18.4 Å². The van der Waals surface area contributed by atoms with Crippen LogP contribution in [0.15, 0.2) is 58.0 Å². The number of thioether (sulfide) groups is 1. The van der Waals surface area contributed by atoms with Gasteiger partial charge in [-0.15, -0.1) is 0 Å². The quantitative estimate of drug-likeness (QED) is 0.531. The van der Waals surface area contributed by atoms with E-state index in [4.69, 9.17) is 21.8 Å². The Morgan fingerprint density at radius 1 is 1.26 bits per heavy atom. The number of carboxylic acid groups (broad SMARTS) is 1. The Bertz CT molecular complexity index is 1110. The summed E-state index contributed by atoms with van der Waals surface area (Å²) >= 11 is 6.21. The molecule has 4 rings (SSSR count). The molecule has 0 bridgehead atoms. The van der Waals surface area contributed by atoms with Crippen LogP contribution < -0.4 is 0 Å². The molecule has 1 amide bonds. The van der Waals surface area contributed by atoms with Crippen LogP contribution in [0.1, 0.15) is 5.56 Å². The predicted molar refractivity (Wildman–Crippen MR) is 107 cm³/mol. The lowest BCUT2D eigenvalue weighted by molar-refractivity contribution is -0.140. The molecule has 27 heavy (non-hydrogen) atoms. The fourth-order valence-electron chi connectivity index (χ4n) is 2.77. The SMILES string of the molecule is O=C(O)CN1C(=O)/C(=C/c2ccc3noc(-c4ccccc4)c3c2)SC1=S. The molecular formula is C19H12N2O4S2. The maximum Gasteiger partial charge on any atom is 0.323 e. The van der Waals surface area contributed by atoms with E-state index >= 15 is 0 Å². The van der Waals surface area contributed by atoms with Gasteiger partial charge in [-0.3, -0.25) is 14.5 Å². The number of hydrogen-bond donors (Lipinski definition) is 1. The predicted octanol–water partition coefficient (Wildman–Crippen LogP) is 3.78. The van der Waals surface area contributed by atoms with E-state index in [0.717, 1.165) is 33.2 Å². The Kier molecular flexibility index (Phi) is 4.51. The van der Waals surface area contributed by atoms with Crippen LogP contribution in [-0.2, 0) is 9.59 Å². The number of carbonyl (C=O) groups excluding carboxylic acids is 1. The van der Waals surface area contributed by atoms with Crippen molar-refractivity contribution in [2.45, 2.75) is 0 Å². The van der Waals surface area contributed by atoms with Crippen LogP contribution in [-0.4, -0.2) is 37.9 Å². The molecule has 6 nitrogen and oxygen atoms in total. The summed E-state index contributed by atoms with van der Waals surface area (Å²) in [5.74, 6) is -0.855. The molecule has 1 fully saturated rings. The van der Waals surface area contributed by atoms with Gasteiger partial charge in [0.25, 0.3) is 5.91 Å². The van der Waals surface area contributed by atoms with Crippen molar-refractivity contribution in [3.8, 4) is 11.3 Å². The number of amides is 1. The first kappa shape index (κ1) is 17.4. The van der Waals surface area contributed by atoms with E-state index in [1.54, 1.807) is 6.08 Å². The van der Waals surface area contributed by atoms with Gasteiger partial charge in [0.1, 0.15) is 16.4 Å². The molecule has 1 aliphatic heterocycles. The minimum atomic E-state index is -1.11. The monoisotopic (exact) mass is 396 g/mol. The second kappa shape index (κ2) is 6.98. The lowest BCUT2D eigenvalue weighted by Crippen LogP contribution is -2.33. The first-order valence-corrected chi connectivity index (χ1v) is 9.17. The minimum Gasteiger partial charge on any atom is -0.480 e. The van der Waals surface area contributed by atoms with Gasteiger partial charge in [0.2, 0.25) is 0 Å². The summed E-state index contributed by atoms with van der Waals surface area (Å²) < 4.78 is 5.73. The smallest absolute Gasteiger partial charge is 0.323 e. The van der Waals surface area contributed by atoms with E-state index in [2.05, 4.69) is 5.16 Å². The molecule has 8 heteroatoms. The molecule has 2 aromatic carbocycles. The number of fused-ring (bicyclic) bond motifs is 1. The number of carbonyl (C=O) groups is 2. The van der Waals surface area contributed by atoms with Gasteiger partial charge in [-0.2, -0.15) is 0 Å². The van der Waals surface area contributed by atoms with Crippen LogP contribution in [0.4, 0.5) is 0 Å². The number of hydrogen-bond acceptors (Lipinski definition) is 6. The summed E-state index contributed by atoms with van der Waals surface area (Å²) in [4.78, 5) is 24.8. The van der Waals surface area contributed by atoms with Crippen molar-refractivity contribution < 1.29 is 19.2 Å². The fourth-order valence-corrected chi connectivity index (χ4v) is 4.02. The standard InChI is InChI=1S/C19H12N2O4S2/c22-16(23)10-21-18(24)15(27-19(21)26)9-11-6-7-14-13(8-11)17(25-20-14)12-4-2-1-3-5-12/h1-9H,10H2,(H,22,23)/b15-9-. The van der Waals surface area contributed by atoms with Crippen LogP contribution in [0.3, 0.4) is 0 Å². The first-order chi connectivity index (χ1) is 13.0. The van der Waals surface area contributed by atoms with Gasteiger partial charge in [0, 0.05) is 5.56 Å². The van der Waals surface area contributed by atoms with Gasteiger partial charge in [0.05, 0.1) is 10.3 Å². The van der Waals surface area contributed by atoms with Crippen molar-refractivity contribution in [1.29, 1.82) is 0 Å². The molecule has 134 valence electrons. The molecule has 1 N–H and O–H groups in total. The van der Waals surface area contributed by atoms with Crippen molar-refractivity contribution in [1.82, 2.24) is 10.1 Å². The maximum absolute atomic E-state index is 12.4. The molecule has 1 aromatic heterocycles. The van der Waals surface area contributed by atoms with Crippen molar-refractivity contribution in [3.05, 3.63) is 59.0 Å². The van der Waals surface area contributed by atoms with Crippen LogP contribution in [0, 0.1) is 0 Å². The Hall–Kier alpha value is -2.97. The Morgan fingerprint density at radius 2 is 2.04 bits per heavy atom. The van der Waals surface area contributed by atoms with Gasteiger partial charge in [-0.1, -0.05) is 65.5 Å². The molecule has 0 radical (unpaired) electrons. The molecular weight excluding hydrogens is 384 g/mol. The van der Waals surface area contributed by atoms with Crippen LogP contribution in [0.2, 0.25) is 0 Å². The van der Waals surface area contributed by atoms with Crippen LogP contribution >= 0.6 is 24.0 Å². The Morgan fingerprint density at radius 3 is 2.78 bits per heavy atom. The molecule has 0 aliphatic carbocycles. The largest absolute Gasteiger partial charge is 0.480 e. The number of thiocarbonyl (C=S) groups is 1. The Balaban J connectivity index is 1.71. The van der Waals surface area contributed by atoms with Crippen molar-refractivity contribution in [2.75, 3.05) is 6.54 Å². The highest BCUT2D eigenvalue weighted by molar-refractivity contribution is 8.26. The molecule has 3 aromatic rings. The van der Waals surface area contributed by atoms with E-state index in [-0.39, 0.29) is 4.32 Å². The molecule has 0 saturated carbocycles. The van der Waals surface area contributed by atoms with E-state index in [0.29, 0.717) is 16.2 Å². The fraction of sp³-hybridized carbons (Fsp3) is 0.0526. The van der Waals surface area contributed by atoms with Crippen molar-refractivity contribution in [2.24, 2.45) is 0 Å². The first-order valence-electron chi connectivity index (χ1n) is 7.95. The zero-order chi connectivity index (χ0) is 19.0. The van der Waals surface area contributed by atoms with E-state index in [1.807, 2.05) is 48.5 Å². The van der Waals surface area contributed by atoms with E-state index in [1.165, 1.54) is 0 Å². The zero-order valence-electron chi connectivity index (χ0n) is 13.8. The average molecular weight is 396 g/mol. The number of carboxylic acids is 1. The second-order valence-electron chi connectivity index (χ2n) is 5.82. The molecule has 1 saturated heterocycles. The third kappa shape index (κ3) is 3.36. The molecule has 0 atom stereocenters. The van der Waals surface area contributed by atoms with Crippen LogP contribution in [0.25, 0.3) is 28.3 Å². The van der Waals surface area contributed by atoms with Gasteiger partial charge < -0.3 is 9.63 Å². The van der Waals surface area contributed by atoms with Crippen molar-refractivity contribution >= 4 is 57.2 Å². The van der Waals surface area contributed by atoms with Crippen LogP contribution in [0.5, 0.6) is 0 Å². The second-order valence-corrected chi connectivity index (χ2v) is 7.49. The summed E-state index contributed by atoms with van der Waals surface area (Å²) in [6, 6.07) is 15.2. The molecule has 1 aliphatic rings. The minimum absolute atomic E-state index is 0.240. The number of rotatable bonds is 4. The Labute approximate surface area is 163 Å². The summed E-state index contributed by atoms with van der Waals surface area (Å²) in [6.07, 6.45) is 1.70. The number of nitrogens with zero attached hydrogens (tertiary/aromatic N) is 2. The van der Waals surface area contributed by atoms with Crippen molar-refractivity contribution in [3.63, 3.8) is 0 Å². The van der Waals surface area contributed by atoms with Gasteiger partial charge >= 0.3 is 5.97 Å². The summed E-state index contributed by atoms with van der Waals surface area (Å²) in [6.45, 7) is -0.440.